The van der Waals surface area contributed by atoms with Crippen molar-refractivity contribution >= 4 is 15.9 Å². The lowest BCUT2D eigenvalue weighted by Crippen LogP contribution is -2.51. The van der Waals surface area contributed by atoms with Crippen LogP contribution < -0.4 is 0 Å². The topological polar surface area (TPSA) is 75.6 Å². The van der Waals surface area contributed by atoms with Gasteiger partial charge in [-0.2, -0.15) is 0 Å². The van der Waals surface area contributed by atoms with Crippen molar-refractivity contribution in [3.8, 4) is 0 Å². The largest absolute Gasteiger partial charge is 0.494 e. The number of hydrogen-bond donors (Lipinski definition) is 1. The average Bonchev–Trinajstić information content (AvgIpc) is 2.68. The third kappa shape index (κ3) is 5.79. The number of alkyl halides is 1. The Kier molecular flexibility index (Phi) is 10.6. The minimum absolute atomic E-state index is 0.0192. The Bertz CT molecular complexity index is 570. The van der Waals surface area contributed by atoms with Crippen LogP contribution in [0.25, 0.3) is 0 Å². The molecular formula is C19H31BrO7. The van der Waals surface area contributed by atoms with Gasteiger partial charge in [-0.1, -0.05) is 27.6 Å². The van der Waals surface area contributed by atoms with Gasteiger partial charge in [0.15, 0.2) is 24.4 Å². The predicted octanol–water partition coefficient (Wildman–Crippen LogP) is 2.89. The molecule has 0 saturated carbocycles. The lowest BCUT2D eigenvalue weighted by molar-refractivity contribution is -0.225. The lowest BCUT2D eigenvalue weighted by Gasteiger charge is -2.40. The Morgan fingerprint density at radius 1 is 1.22 bits per heavy atom. The zero-order valence-electron chi connectivity index (χ0n) is 17.0. The van der Waals surface area contributed by atoms with E-state index in [2.05, 4.69) is 22.0 Å². The van der Waals surface area contributed by atoms with Gasteiger partial charge in [-0.25, -0.2) is 0 Å². The molecule has 2 unspecified atom stereocenters. The second-order valence-electron chi connectivity index (χ2n) is 6.07. The Labute approximate surface area is 170 Å². The zero-order valence-corrected chi connectivity index (χ0v) is 18.6. The quantitative estimate of drug-likeness (QED) is 0.212. The molecule has 7 nitrogen and oxygen atoms in total. The molecule has 8 heteroatoms. The van der Waals surface area contributed by atoms with Gasteiger partial charge in [0.1, 0.15) is 0 Å². The highest BCUT2D eigenvalue weighted by Gasteiger charge is 2.49. The van der Waals surface area contributed by atoms with E-state index in [-0.39, 0.29) is 6.79 Å². The Morgan fingerprint density at radius 3 is 2.44 bits per heavy atom. The highest BCUT2D eigenvalue weighted by atomic mass is 79.9. The van der Waals surface area contributed by atoms with Gasteiger partial charge in [-0.05, 0) is 25.8 Å². The summed E-state index contributed by atoms with van der Waals surface area (Å²) in [6.07, 6.45) is 1.72. The van der Waals surface area contributed by atoms with Crippen LogP contribution in [0.4, 0.5) is 0 Å². The van der Waals surface area contributed by atoms with Crippen molar-refractivity contribution in [2.24, 2.45) is 0 Å². The molecule has 0 saturated heterocycles. The first-order chi connectivity index (χ1) is 12.9. The Hall–Kier alpha value is -0.900. The van der Waals surface area contributed by atoms with Gasteiger partial charge in [-0.3, -0.25) is 0 Å². The maximum absolute atomic E-state index is 11.1. The third-order valence-corrected chi connectivity index (χ3v) is 5.32. The number of methoxy groups -OCH3 is 4. The summed E-state index contributed by atoms with van der Waals surface area (Å²) >= 11 is 3.44. The number of aliphatic hydroxyl groups is 1. The molecule has 156 valence electrons. The molecule has 1 aliphatic rings. The van der Waals surface area contributed by atoms with E-state index < -0.39 is 11.9 Å². The van der Waals surface area contributed by atoms with Gasteiger partial charge >= 0.3 is 0 Å². The number of ether oxygens (including phenoxy) is 6. The molecule has 0 spiro atoms. The second-order valence-corrected chi connectivity index (χ2v) is 6.63. The van der Waals surface area contributed by atoms with Gasteiger partial charge in [-0.15, -0.1) is 0 Å². The summed E-state index contributed by atoms with van der Waals surface area (Å²) in [5.74, 6) is -0.822. The van der Waals surface area contributed by atoms with Crippen molar-refractivity contribution in [3.63, 3.8) is 0 Å². The van der Waals surface area contributed by atoms with E-state index in [9.17, 15) is 5.11 Å². The zero-order chi connectivity index (χ0) is 20.4. The number of halogens is 1. The molecule has 0 amide bonds. The lowest BCUT2D eigenvalue weighted by atomic mass is 9.86. The van der Waals surface area contributed by atoms with E-state index in [1.165, 1.54) is 21.3 Å². The van der Waals surface area contributed by atoms with Crippen LogP contribution in [0.15, 0.2) is 34.3 Å². The molecule has 1 N–H and O–H groups in total. The van der Waals surface area contributed by atoms with Crippen molar-refractivity contribution in [2.45, 2.75) is 32.2 Å². The maximum Gasteiger partial charge on any atom is 0.223 e. The summed E-state index contributed by atoms with van der Waals surface area (Å²) in [6.45, 7) is 4.71. The third-order valence-electron chi connectivity index (χ3n) is 4.43. The molecule has 0 aromatic heterocycles. The van der Waals surface area contributed by atoms with Gasteiger partial charge in [0.25, 0.3) is 0 Å². The smallest absolute Gasteiger partial charge is 0.223 e. The average molecular weight is 451 g/mol. The molecule has 27 heavy (non-hydrogen) atoms. The molecule has 0 fully saturated rings. The highest BCUT2D eigenvalue weighted by molar-refractivity contribution is 9.09. The number of allylic oxidation sites excluding steroid dienone is 3. The first kappa shape index (κ1) is 24.1. The van der Waals surface area contributed by atoms with Gasteiger partial charge in [0.2, 0.25) is 5.79 Å². The van der Waals surface area contributed by atoms with Crippen molar-refractivity contribution in [1.29, 1.82) is 0 Å². The number of hydrogen-bond acceptors (Lipinski definition) is 7. The fraction of sp³-hybridized carbons (Fsp3) is 0.684. The molecule has 1 rings (SSSR count). The SMILES string of the molecule is COCCOCOC1=C(OC)C(OC)C(O)(OC)C(C)=C1CC=C(C)CBr. The molecular weight excluding hydrogens is 420 g/mol. The van der Waals surface area contributed by atoms with E-state index in [0.717, 1.165) is 16.5 Å². The van der Waals surface area contributed by atoms with E-state index in [1.807, 2.05) is 6.92 Å². The first-order valence-electron chi connectivity index (χ1n) is 8.61. The summed E-state index contributed by atoms with van der Waals surface area (Å²) in [6, 6.07) is 0. The van der Waals surface area contributed by atoms with Crippen LogP contribution in [0.1, 0.15) is 20.3 Å². The van der Waals surface area contributed by atoms with Gasteiger partial charge < -0.3 is 33.5 Å². The van der Waals surface area contributed by atoms with Crippen LogP contribution >= 0.6 is 15.9 Å². The second kappa shape index (κ2) is 11.8. The van der Waals surface area contributed by atoms with E-state index >= 15 is 0 Å². The van der Waals surface area contributed by atoms with Crippen LogP contribution in [-0.2, 0) is 28.4 Å². The van der Waals surface area contributed by atoms with Crippen molar-refractivity contribution in [1.82, 2.24) is 0 Å². The molecule has 0 bridgehead atoms. The molecule has 0 aliphatic heterocycles. The van der Waals surface area contributed by atoms with Crippen LogP contribution in [0, 0.1) is 0 Å². The summed E-state index contributed by atoms with van der Waals surface area (Å²) < 4.78 is 32.7. The van der Waals surface area contributed by atoms with Crippen LogP contribution in [0.2, 0.25) is 0 Å². The maximum atomic E-state index is 11.1. The minimum Gasteiger partial charge on any atom is -0.494 e. The monoisotopic (exact) mass is 450 g/mol. The molecule has 0 heterocycles. The molecule has 1 aliphatic carbocycles. The predicted molar refractivity (Wildman–Crippen MR) is 105 cm³/mol. The molecule has 2 atom stereocenters. The normalized spacial score (nSPS) is 23.9. The summed E-state index contributed by atoms with van der Waals surface area (Å²) in [4.78, 5) is 0. The number of rotatable bonds is 12. The fourth-order valence-electron chi connectivity index (χ4n) is 2.79. The summed E-state index contributed by atoms with van der Waals surface area (Å²) in [7, 11) is 6.02. The van der Waals surface area contributed by atoms with Crippen LogP contribution in [0.5, 0.6) is 0 Å². The van der Waals surface area contributed by atoms with Crippen LogP contribution in [-0.4, -0.2) is 70.8 Å². The van der Waals surface area contributed by atoms with Gasteiger partial charge in [0, 0.05) is 32.2 Å². The molecule has 0 aromatic rings. The van der Waals surface area contributed by atoms with E-state index in [0.29, 0.717) is 36.7 Å². The van der Waals surface area contributed by atoms with Gasteiger partial charge in [0.05, 0.1) is 20.3 Å². The first-order valence-corrected chi connectivity index (χ1v) is 9.73. The Morgan fingerprint density at radius 2 is 1.93 bits per heavy atom. The minimum atomic E-state index is -1.66. The standard InChI is InChI=1S/C19H31BrO7/c1-13(11-20)7-8-15-14(2)19(21,25-6)18(24-5)17(23-4)16(15)27-12-26-10-9-22-3/h7,18,21H,8-12H2,1-6H3. The molecule has 0 radical (unpaired) electrons. The fourth-order valence-corrected chi connectivity index (χ4v) is 3.02. The molecule has 0 aromatic carbocycles. The van der Waals surface area contributed by atoms with Crippen molar-refractivity contribution < 1.29 is 33.5 Å². The Balaban J connectivity index is 3.28. The van der Waals surface area contributed by atoms with Crippen molar-refractivity contribution in [2.75, 3.05) is 53.8 Å². The van der Waals surface area contributed by atoms with Crippen molar-refractivity contribution in [3.05, 3.63) is 34.3 Å². The van der Waals surface area contributed by atoms with E-state index in [1.54, 1.807) is 14.0 Å². The summed E-state index contributed by atoms with van der Waals surface area (Å²) in [5.41, 5.74) is 2.52. The summed E-state index contributed by atoms with van der Waals surface area (Å²) in [5, 5.41) is 11.9. The van der Waals surface area contributed by atoms with Crippen LogP contribution in [0.3, 0.4) is 0 Å². The highest BCUT2D eigenvalue weighted by Crippen LogP contribution is 2.41. The van der Waals surface area contributed by atoms with E-state index in [4.69, 9.17) is 28.4 Å².